The highest BCUT2D eigenvalue weighted by Crippen LogP contribution is 2.34. The van der Waals surface area contributed by atoms with Crippen LogP contribution in [0, 0.1) is 11.8 Å². The molecule has 2 N–H and O–H groups in total. The van der Waals surface area contributed by atoms with Crippen molar-refractivity contribution in [1.29, 1.82) is 0 Å². The van der Waals surface area contributed by atoms with Gasteiger partial charge in [0.05, 0.1) is 52.9 Å². The van der Waals surface area contributed by atoms with Gasteiger partial charge in [0.15, 0.2) is 11.4 Å². The summed E-state index contributed by atoms with van der Waals surface area (Å²) in [7, 11) is -2.30. The molecule has 48 heavy (non-hydrogen) atoms. The summed E-state index contributed by atoms with van der Waals surface area (Å²) in [5, 5.41) is 15.1. The van der Waals surface area contributed by atoms with Crippen LogP contribution in [0.5, 0.6) is 0 Å². The Kier molecular flexibility index (Phi) is 10.5. The quantitative estimate of drug-likeness (QED) is 0.289. The fourth-order valence-electron chi connectivity index (χ4n) is 6.29. The minimum atomic E-state index is -4.07. The number of benzene rings is 2. The molecule has 15 heteroatoms. The molecule has 260 valence electrons. The number of sulfonamides is 1. The van der Waals surface area contributed by atoms with Gasteiger partial charge < -0.3 is 34.4 Å². The molecule has 6 rings (SSSR count). The van der Waals surface area contributed by atoms with Gasteiger partial charge in [0.2, 0.25) is 15.9 Å². The summed E-state index contributed by atoms with van der Waals surface area (Å²) in [6, 6.07) is 13.3. The van der Waals surface area contributed by atoms with E-state index in [1.54, 1.807) is 24.1 Å². The van der Waals surface area contributed by atoms with Crippen molar-refractivity contribution >= 4 is 48.7 Å². The molecule has 0 saturated carbocycles. The summed E-state index contributed by atoms with van der Waals surface area (Å²) in [4.78, 5) is 33.8. The van der Waals surface area contributed by atoms with Crippen LogP contribution < -0.4 is 10.2 Å². The zero-order chi connectivity index (χ0) is 34.0. The number of rotatable bonds is 12. The molecule has 0 radical (unpaired) electrons. The van der Waals surface area contributed by atoms with E-state index in [9.17, 15) is 23.1 Å². The predicted molar refractivity (Wildman–Crippen MR) is 180 cm³/mol. The van der Waals surface area contributed by atoms with E-state index in [0.29, 0.717) is 35.0 Å². The van der Waals surface area contributed by atoms with Crippen molar-refractivity contribution in [1.82, 2.24) is 19.5 Å². The van der Waals surface area contributed by atoms with E-state index in [1.165, 1.54) is 21.7 Å². The van der Waals surface area contributed by atoms with Crippen molar-refractivity contribution in [3.8, 4) is 0 Å². The minimum Gasteiger partial charge on any atom is -0.443 e. The third-order valence-electron chi connectivity index (χ3n) is 8.98. The Morgan fingerprint density at radius 2 is 1.96 bits per heavy atom. The highest BCUT2D eigenvalue weighted by Gasteiger charge is 2.44. The van der Waals surface area contributed by atoms with E-state index in [0.717, 1.165) is 12.0 Å². The van der Waals surface area contributed by atoms with Gasteiger partial charge in [-0.05, 0) is 42.5 Å². The van der Waals surface area contributed by atoms with Crippen LogP contribution >= 0.6 is 11.3 Å². The molecular formula is C33H43N5O8S2. The maximum atomic E-state index is 14.2. The highest BCUT2D eigenvalue weighted by atomic mass is 32.2. The molecule has 5 atom stereocenters. The van der Waals surface area contributed by atoms with Crippen LogP contribution in [0.2, 0.25) is 0 Å². The lowest BCUT2D eigenvalue weighted by Crippen LogP contribution is -2.51. The number of carbonyl (C=O) groups excluding carboxylic acids is 2. The van der Waals surface area contributed by atoms with Gasteiger partial charge in [-0.3, -0.25) is 4.79 Å². The first kappa shape index (κ1) is 34.5. The average molecular weight is 702 g/mol. The summed E-state index contributed by atoms with van der Waals surface area (Å²) < 4.78 is 47.2. The molecule has 2 aromatic carbocycles. The monoisotopic (exact) mass is 701 g/mol. The van der Waals surface area contributed by atoms with Crippen LogP contribution in [0.4, 0.5) is 9.93 Å². The lowest BCUT2D eigenvalue weighted by Gasteiger charge is -2.31. The van der Waals surface area contributed by atoms with E-state index in [-0.39, 0.29) is 61.6 Å². The first-order valence-electron chi connectivity index (χ1n) is 16.3. The first-order valence-corrected chi connectivity index (χ1v) is 18.6. The number of aromatic nitrogens is 1. The highest BCUT2D eigenvalue weighted by molar-refractivity contribution is 7.89. The Hall–Kier alpha value is -3.34. The number of hydrogen-bond acceptors (Lipinski definition) is 11. The van der Waals surface area contributed by atoms with Crippen LogP contribution in [0.25, 0.3) is 10.2 Å². The first-order chi connectivity index (χ1) is 23.0. The van der Waals surface area contributed by atoms with Crippen LogP contribution in [-0.4, -0.2) is 117 Å². The smallest absolute Gasteiger partial charge is 0.407 e. The standard InChI is InChI=1S/C33H43N5O8S2/c1-21(2)17-38(48(42,43)23-9-10-25-29(16-23)47-32(34-25)37-13-12-36(3)30(40)19-37)18-27(39)26(15-22-7-5-4-6-8-22)35-33(41)46-28-20-45-31-24(28)11-14-44-31/h4-10,16,21,24,26-28,31,39H,11-15,17-20H2,1-3H3,(H,35,41)/t24-,26-,27+,28-,31+/m0/s1. The molecular weight excluding hydrogens is 659 g/mol. The topological polar surface area (TPSA) is 151 Å². The number of amides is 2. The number of likely N-dealkylation sites (N-methyl/N-ethyl adjacent to an activating group) is 1. The Balaban J connectivity index is 1.20. The number of aliphatic hydroxyl groups is 1. The number of nitrogens with zero attached hydrogens (tertiary/aromatic N) is 4. The molecule has 0 aliphatic carbocycles. The predicted octanol–water partition coefficient (Wildman–Crippen LogP) is 2.68. The lowest BCUT2D eigenvalue weighted by atomic mass is 10.0. The van der Waals surface area contributed by atoms with Gasteiger partial charge in [-0.1, -0.05) is 55.5 Å². The molecule has 3 fully saturated rings. The molecule has 0 bridgehead atoms. The third-order valence-corrected chi connectivity index (χ3v) is 11.9. The fraction of sp³-hybridized carbons (Fsp3) is 0.545. The average Bonchev–Trinajstić information content (AvgIpc) is 3.79. The van der Waals surface area contributed by atoms with Crippen LogP contribution in [-0.2, 0) is 35.4 Å². The van der Waals surface area contributed by atoms with Crippen molar-refractivity contribution in [3.63, 3.8) is 0 Å². The van der Waals surface area contributed by atoms with Crippen molar-refractivity contribution in [2.75, 3.05) is 57.9 Å². The molecule has 13 nitrogen and oxygen atoms in total. The summed E-state index contributed by atoms with van der Waals surface area (Å²) in [6.45, 7) is 5.94. The normalized spacial score (nSPS) is 22.8. The largest absolute Gasteiger partial charge is 0.443 e. The van der Waals surface area contributed by atoms with E-state index in [4.69, 9.17) is 14.2 Å². The van der Waals surface area contributed by atoms with Gasteiger partial charge in [0, 0.05) is 33.2 Å². The van der Waals surface area contributed by atoms with Crippen LogP contribution in [0.15, 0.2) is 53.4 Å². The number of hydrogen-bond donors (Lipinski definition) is 2. The second kappa shape index (κ2) is 14.6. The van der Waals surface area contributed by atoms with Gasteiger partial charge in [-0.2, -0.15) is 4.31 Å². The maximum Gasteiger partial charge on any atom is 0.407 e. The van der Waals surface area contributed by atoms with Crippen molar-refractivity contribution in [2.45, 2.75) is 56.1 Å². The Morgan fingerprint density at radius 3 is 2.71 bits per heavy atom. The number of aliphatic hydroxyl groups excluding tert-OH is 1. The number of fused-ring (bicyclic) bond motifs is 2. The number of thiazole rings is 1. The van der Waals surface area contributed by atoms with Crippen LogP contribution in [0.1, 0.15) is 25.8 Å². The number of alkyl carbamates (subject to hydrolysis) is 1. The van der Waals surface area contributed by atoms with Gasteiger partial charge in [-0.15, -0.1) is 0 Å². The zero-order valence-corrected chi connectivity index (χ0v) is 29.0. The molecule has 3 aromatic rings. The number of nitrogens with one attached hydrogen (secondary N) is 1. The fourth-order valence-corrected chi connectivity index (χ4v) is 9.05. The van der Waals surface area contributed by atoms with E-state index in [1.807, 2.05) is 49.1 Å². The third kappa shape index (κ3) is 7.76. The molecule has 3 saturated heterocycles. The summed E-state index contributed by atoms with van der Waals surface area (Å²) in [5.74, 6) is -0.0876. The molecule has 3 aliphatic rings. The molecule has 0 unspecified atom stereocenters. The maximum absolute atomic E-state index is 14.2. The Morgan fingerprint density at radius 1 is 1.17 bits per heavy atom. The molecule has 4 heterocycles. The van der Waals surface area contributed by atoms with E-state index < -0.39 is 34.4 Å². The lowest BCUT2D eigenvalue weighted by molar-refractivity contribution is -0.129. The molecule has 0 spiro atoms. The number of ether oxygens (including phenoxy) is 3. The summed E-state index contributed by atoms with van der Waals surface area (Å²) >= 11 is 1.34. The minimum absolute atomic E-state index is 0.00424. The van der Waals surface area contributed by atoms with Gasteiger partial charge >= 0.3 is 6.09 Å². The zero-order valence-electron chi connectivity index (χ0n) is 27.4. The number of piperazine rings is 1. The molecule has 2 amide bonds. The second-order valence-electron chi connectivity index (χ2n) is 13.1. The van der Waals surface area contributed by atoms with Gasteiger partial charge in [0.1, 0.15) is 6.10 Å². The molecule has 3 aliphatic heterocycles. The van der Waals surface area contributed by atoms with Crippen molar-refractivity contribution in [3.05, 3.63) is 54.1 Å². The number of carbonyl (C=O) groups is 2. The second-order valence-corrected chi connectivity index (χ2v) is 16.0. The Labute approximate surface area is 284 Å². The van der Waals surface area contributed by atoms with Crippen molar-refractivity contribution in [2.24, 2.45) is 11.8 Å². The van der Waals surface area contributed by atoms with E-state index >= 15 is 0 Å². The SMILES string of the molecule is CC(C)CN(C[C@@H](O)[C@H](Cc1ccccc1)NC(=O)O[C@H]1CO[C@H]2OCC[C@H]21)S(=O)(=O)c1ccc2nc(N3CCN(C)C(=O)C3)sc2c1. The van der Waals surface area contributed by atoms with Gasteiger partial charge in [-0.25, -0.2) is 18.2 Å². The molecule has 1 aromatic heterocycles. The van der Waals surface area contributed by atoms with E-state index in [2.05, 4.69) is 10.3 Å². The van der Waals surface area contributed by atoms with Crippen molar-refractivity contribution < 1.29 is 37.3 Å². The summed E-state index contributed by atoms with van der Waals surface area (Å²) in [6.07, 6.45) is -1.83. The van der Waals surface area contributed by atoms with Crippen LogP contribution in [0.3, 0.4) is 0 Å². The summed E-state index contributed by atoms with van der Waals surface area (Å²) in [5.41, 5.74) is 1.51. The Bertz CT molecular complexity index is 1700. The number of anilines is 1. The van der Waals surface area contributed by atoms with Gasteiger partial charge in [0.25, 0.3) is 0 Å².